The van der Waals surface area contributed by atoms with Crippen molar-refractivity contribution in [3.8, 4) is 5.75 Å². The second kappa shape index (κ2) is 6.86. The van der Waals surface area contributed by atoms with Crippen molar-refractivity contribution in [1.29, 1.82) is 5.41 Å². The summed E-state index contributed by atoms with van der Waals surface area (Å²) in [5.41, 5.74) is 5.76. The van der Waals surface area contributed by atoms with Crippen LogP contribution in [0.25, 0.3) is 0 Å². The quantitative estimate of drug-likeness (QED) is 0.476. The fraction of sp³-hybridized carbons (Fsp3) is 0.143. The minimum Gasteiger partial charge on any atom is -0.405 e. The van der Waals surface area contributed by atoms with E-state index in [0.29, 0.717) is 10.4 Å². The van der Waals surface area contributed by atoms with Crippen molar-refractivity contribution in [2.24, 2.45) is 5.73 Å². The molecule has 0 saturated carbocycles. The van der Waals surface area contributed by atoms with Gasteiger partial charge >= 0.3 is 6.36 Å². The number of para-hydroxylation sites is 1. The van der Waals surface area contributed by atoms with Gasteiger partial charge in [0.15, 0.2) is 5.96 Å². The number of hydrogen-bond donors (Lipinski definition) is 2. The van der Waals surface area contributed by atoms with E-state index in [1.165, 1.54) is 23.1 Å². The number of nitrogens with one attached hydrogen (secondary N) is 1. The van der Waals surface area contributed by atoms with Crippen LogP contribution in [0.15, 0.2) is 47.1 Å². The third-order valence-corrected chi connectivity index (χ3v) is 3.24. The minimum absolute atomic E-state index is 0.0922. The molecule has 1 aromatic carbocycles. The summed E-state index contributed by atoms with van der Waals surface area (Å²) in [4.78, 5) is 5.42. The van der Waals surface area contributed by atoms with Gasteiger partial charge in [-0.15, -0.1) is 13.2 Å². The summed E-state index contributed by atoms with van der Waals surface area (Å²) in [5, 5.41) is 7.64. The van der Waals surface area contributed by atoms with Gasteiger partial charge in [0.2, 0.25) is 0 Å². The molecule has 0 spiro atoms. The van der Waals surface area contributed by atoms with Crippen LogP contribution in [0, 0.1) is 5.41 Å². The third-order valence-electron chi connectivity index (χ3n) is 2.79. The van der Waals surface area contributed by atoms with E-state index in [0.717, 1.165) is 0 Å². The molecule has 122 valence electrons. The number of anilines is 1. The third kappa shape index (κ3) is 4.85. The van der Waals surface area contributed by atoms with Gasteiger partial charge in [-0.2, -0.15) is 0 Å². The summed E-state index contributed by atoms with van der Waals surface area (Å²) in [6.45, 7) is -0.0922. The van der Waals surface area contributed by atoms with Crippen molar-refractivity contribution >= 4 is 27.7 Å². The summed E-state index contributed by atoms with van der Waals surface area (Å²) >= 11 is 3.20. The van der Waals surface area contributed by atoms with Gasteiger partial charge < -0.3 is 10.5 Å². The van der Waals surface area contributed by atoms with Gasteiger partial charge in [-0.3, -0.25) is 10.3 Å². The normalized spacial score (nSPS) is 11.1. The Balaban J connectivity index is 2.33. The van der Waals surface area contributed by atoms with E-state index < -0.39 is 6.36 Å². The lowest BCUT2D eigenvalue weighted by atomic mass is 10.2. The topological polar surface area (TPSA) is 75.2 Å². The fourth-order valence-electron chi connectivity index (χ4n) is 1.87. The summed E-state index contributed by atoms with van der Waals surface area (Å²) in [6, 6.07) is 10.6. The average Bonchev–Trinajstić information content (AvgIpc) is 2.44. The fourth-order valence-corrected chi connectivity index (χ4v) is 2.20. The van der Waals surface area contributed by atoms with Gasteiger partial charge in [0.25, 0.3) is 0 Å². The SMILES string of the molecule is N=C(N)N(Cc1ccccc1OC(F)(F)F)c1cccc(Br)n1. The zero-order chi connectivity index (χ0) is 17.0. The lowest BCUT2D eigenvalue weighted by molar-refractivity contribution is -0.274. The Morgan fingerprint density at radius 2 is 1.91 bits per heavy atom. The van der Waals surface area contributed by atoms with Crippen LogP contribution in [0.2, 0.25) is 0 Å². The Morgan fingerprint density at radius 3 is 2.52 bits per heavy atom. The van der Waals surface area contributed by atoms with Crippen molar-refractivity contribution in [3.05, 3.63) is 52.6 Å². The number of benzene rings is 1. The molecule has 2 rings (SSSR count). The maximum Gasteiger partial charge on any atom is 0.573 e. The molecule has 0 unspecified atom stereocenters. The number of guanidine groups is 1. The van der Waals surface area contributed by atoms with E-state index in [2.05, 4.69) is 25.7 Å². The Morgan fingerprint density at radius 1 is 1.22 bits per heavy atom. The highest BCUT2D eigenvalue weighted by atomic mass is 79.9. The van der Waals surface area contributed by atoms with Gasteiger partial charge in [0.1, 0.15) is 16.2 Å². The molecule has 0 fully saturated rings. The summed E-state index contributed by atoms with van der Waals surface area (Å²) in [7, 11) is 0. The smallest absolute Gasteiger partial charge is 0.405 e. The van der Waals surface area contributed by atoms with E-state index in [9.17, 15) is 13.2 Å². The predicted molar refractivity (Wildman–Crippen MR) is 83.2 cm³/mol. The molecule has 0 atom stereocenters. The predicted octanol–water partition coefficient (Wildman–Crippen LogP) is 3.64. The van der Waals surface area contributed by atoms with Crippen LogP contribution in [-0.2, 0) is 6.54 Å². The number of nitrogens with two attached hydrogens (primary N) is 1. The van der Waals surface area contributed by atoms with Gasteiger partial charge in [0, 0.05) is 5.56 Å². The highest BCUT2D eigenvalue weighted by Gasteiger charge is 2.32. The first kappa shape index (κ1) is 17.1. The molecule has 0 amide bonds. The molecule has 0 bridgehead atoms. The molecule has 0 radical (unpaired) electrons. The first-order chi connectivity index (χ1) is 10.8. The maximum absolute atomic E-state index is 12.5. The molecule has 0 aliphatic heterocycles. The molecule has 1 heterocycles. The van der Waals surface area contributed by atoms with Crippen LogP contribution in [0.5, 0.6) is 5.75 Å². The molecular weight excluding hydrogens is 377 g/mol. The van der Waals surface area contributed by atoms with Gasteiger partial charge in [-0.25, -0.2) is 4.98 Å². The van der Waals surface area contributed by atoms with Crippen LogP contribution in [0.1, 0.15) is 5.56 Å². The number of hydrogen-bond acceptors (Lipinski definition) is 3. The molecule has 1 aromatic heterocycles. The van der Waals surface area contributed by atoms with Crippen molar-refractivity contribution in [1.82, 2.24) is 4.98 Å². The van der Waals surface area contributed by atoms with Crippen molar-refractivity contribution < 1.29 is 17.9 Å². The van der Waals surface area contributed by atoms with E-state index >= 15 is 0 Å². The van der Waals surface area contributed by atoms with Gasteiger partial charge in [0.05, 0.1) is 6.54 Å². The Kier molecular flexibility index (Phi) is 5.09. The number of pyridine rings is 1. The zero-order valence-corrected chi connectivity index (χ0v) is 13.2. The monoisotopic (exact) mass is 388 g/mol. The summed E-state index contributed by atoms with van der Waals surface area (Å²) < 4.78 is 41.9. The van der Waals surface area contributed by atoms with Gasteiger partial charge in [-0.05, 0) is 34.1 Å². The first-order valence-corrected chi connectivity index (χ1v) is 7.13. The Hall–Kier alpha value is -2.29. The highest BCUT2D eigenvalue weighted by molar-refractivity contribution is 9.10. The van der Waals surface area contributed by atoms with Crippen molar-refractivity contribution in [3.63, 3.8) is 0 Å². The molecule has 0 aliphatic carbocycles. The number of alkyl halides is 3. The van der Waals surface area contributed by atoms with E-state index in [-0.39, 0.29) is 23.8 Å². The lowest BCUT2D eigenvalue weighted by Gasteiger charge is -2.23. The molecule has 5 nitrogen and oxygen atoms in total. The minimum atomic E-state index is -4.80. The summed E-state index contributed by atoms with van der Waals surface area (Å²) in [5.74, 6) is -0.368. The molecule has 0 saturated heterocycles. The molecule has 23 heavy (non-hydrogen) atoms. The summed E-state index contributed by atoms with van der Waals surface area (Å²) in [6.07, 6.45) is -4.80. The number of aromatic nitrogens is 1. The first-order valence-electron chi connectivity index (χ1n) is 6.34. The molecule has 0 aliphatic rings. The lowest BCUT2D eigenvalue weighted by Crippen LogP contribution is -2.36. The van der Waals surface area contributed by atoms with E-state index in [1.54, 1.807) is 24.3 Å². The van der Waals surface area contributed by atoms with Crippen LogP contribution in [-0.4, -0.2) is 17.3 Å². The Bertz CT molecular complexity index is 708. The maximum atomic E-state index is 12.5. The molecule has 3 N–H and O–H groups in total. The van der Waals surface area contributed by atoms with E-state index in [1.807, 2.05) is 0 Å². The average molecular weight is 389 g/mol. The highest BCUT2D eigenvalue weighted by Crippen LogP contribution is 2.28. The standard InChI is InChI=1S/C14H12BrF3N4O/c15-11-6-3-7-12(21-11)22(13(19)20)8-9-4-1-2-5-10(9)23-14(16,17)18/h1-7H,8H2,(H3,19,20). The molecule has 9 heteroatoms. The number of nitrogens with zero attached hydrogens (tertiary/aromatic N) is 2. The van der Waals surface area contributed by atoms with Gasteiger partial charge in [-0.1, -0.05) is 24.3 Å². The van der Waals surface area contributed by atoms with Crippen molar-refractivity contribution in [2.45, 2.75) is 12.9 Å². The van der Waals surface area contributed by atoms with Crippen LogP contribution >= 0.6 is 15.9 Å². The zero-order valence-electron chi connectivity index (χ0n) is 11.6. The number of halogens is 4. The van der Waals surface area contributed by atoms with Crippen LogP contribution in [0.3, 0.4) is 0 Å². The molecule has 2 aromatic rings. The largest absolute Gasteiger partial charge is 0.573 e. The Labute approximate surface area is 138 Å². The van der Waals surface area contributed by atoms with Crippen LogP contribution < -0.4 is 15.4 Å². The second-order valence-electron chi connectivity index (χ2n) is 4.45. The van der Waals surface area contributed by atoms with Crippen LogP contribution in [0.4, 0.5) is 19.0 Å². The molecular formula is C14H12BrF3N4O. The van der Waals surface area contributed by atoms with E-state index in [4.69, 9.17) is 11.1 Å². The van der Waals surface area contributed by atoms with Crippen molar-refractivity contribution in [2.75, 3.05) is 4.90 Å². The second-order valence-corrected chi connectivity index (χ2v) is 5.26. The number of ether oxygens (including phenoxy) is 1. The number of rotatable bonds is 4.